The summed E-state index contributed by atoms with van der Waals surface area (Å²) in [5.41, 5.74) is 4.78. The van der Waals surface area contributed by atoms with Crippen molar-refractivity contribution >= 4 is 27.8 Å². The first-order chi connectivity index (χ1) is 13.2. The summed E-state index contributed by atoms with van der Waals surface area (Å²) in [4.78, 5) is 11.5. The van der Waals surface area contributed by atoms with Crippen LogP contribution in [0.25, 0.3) is 0 Å². The van der Waals surface area contributed by atoms with Gasteiger partial charge in [0.05, 0.1) is 25.2 Å². The molecule has 7 nitrogen and oxygen atoms in total. The van der Waals surface area contributed by atoms with Crippen LogP contribution < -0.4 is 20.5 Å². The number of hydrazone groups is 1. The minimum Gasteiger partial charge on any atom is -0.493 e. The van der Waals surface area contributed by atoms with Crippen molar-refractivity contribution in [3.63, 3.8) is 0 Å². The summed E-state index contributed by atoms with van der Waals surface area (Å²) in [6, 6.07) is 15.4. The maximum atomic E-state index is 11.5. The van der Waals surface area contributed by atoms with Gasteiger partial charge in [0.1, 0.15) is 11.1 Å². The lowest BCUT2D eigenvalue weighted by molar-refractivity contribution is 0.284. The SMILES string of the molecule is COc1cc(/C=N\Nc2cn[nH]c(=O)c2Br)ccc1OCc1ccccc1. The van der Waals surface area contributed by atoms with Crippen molar-refractivity contribution < 1.29 is 9.47 Å². The van der Waals surface area contributed by atoms with Gasteiger partial charge in [0.2, 0.25) is 0 Å². The smallest absolute Gasteiger partial charge is 0.280 e. The minimum atomic E-state index is -0.336. The third-order valence-corrected chi connectivity index (χ3v) is 4.41. The molecular formula is C19H17BrN4O3. The van der Waals surface area contributed by atoms with Crippen LogP contribution in [0, 0.1) is 0 Å². The van der Waals surface area contributed by atoms with Crippen LogP contribution in [0.5, 0.6) is 11.5 Å². The zero-order valence-electron chi connectivity index (χ0n) is 14.5. The number of hydrogen-bond donors (Lipinski definition) is 2. The molecule has 2 N–H and O–H groups in total. The molecule has 1 heterocycles. The first-order valence-corrected chi connectivity index (χ1v) is 8.83. The van der Waals surface area contributed by atoms with Gasteiger partial charge in [-0.05, 0) is 45.3 Å². The highest BCUT2D eigenvalue weighted by atomic mass is 79.9. The van der Waals surface area contributed by atoms with E-state index >= 15 is 0 Å². The van der Waals surface area contributed by atoms with Gasteiger partial charge in [0.15, 0.2) is 11.5 Å². The van der Waals surface area contributed by atoms with Crippen LogP contribution in [0.15, 0.2) is 69.1 Å². The van der Waals surface area contributed by atoms with Crippen molar-refractivity contribution in [1.29, 1.82) is 0 Å². The van der Waals surface area contributed by atoms with Gasteiger partial charge in [-0.1, -0.05) is 30.3 Å². The van der Waals surface area contributed by atoms with Crippen molar-refractivity contribution in [2.24, 2.45) is 5.10 Å². The molecule has 0 unspecified atom stereocenters. The van der Waals surface area contributed by atoms with E-state index in [9.17, 15) is 4.79 Å². The van der Waals surface area contributed by atoms with Crippen LogP contribution in [-0.2, 0) is 6.61 Å². The Morgan fingerprint density at radius 3 is 2.81 bits per heavy atom. The Bertz CT molecular complexity index is 990. The molecule has 0 saturated heterocycles. The number of nitrogens with one attached hydrogen (secondary N) is 2. The Balaban J connectivity index is 1.68. The summed E-state index contributed by atoms with van der Waals surface area (Å²) in [6.07, 6.45) is 3.07. The lowest BCUT2D eigenvalue weighted by Gasteiger charge is -2.11. The van der Waals surface area contributed by atoms with Crippen molar-refractivity contribution in [2.75, 3.05) is 12.5 Å². The number of nitrogens with zero attached hydrogens (tertiary/aromatic N) is 2. The molecule has 0 amide bonds. The van der Waals surface area contributed by atoms with Crippen LogP contribution in [0.4, 0.5) is 5.69 Å². The second-order valence-electron chi connectivity index (χ2n) is 5.48. The molecule has 0 bridgehead atoms. The molecule has 0 aliphatic rings. The number of aromatic nitrogens is 2. The first-order valence-electron chi connectivity index (χ1n) is 8.04. The summed E-state index contributed by atoms with van der Waals surface area (Å²) in [5.74, 6) is 1.25. The van der Waals surface area contributed by atoms with Crippen LogP contribution in [-0.4, -0.2) is 23.5 Å². The van der Waals surface area contributed by atoms with Crippen molar-refractivity contribution in [3.8, 4) is 11.5 Å². The molecule has 27 heavy (non-hydrogen) atoms. The molecule has 3 rings (SSSR count). The average Bonchev–Trinajstić information content (AvgIpc) is 2.70. The number of methoxy groups -OCH3 is 1. The van der Waals surface area contributed by atoms with Crippen LogP contribution in [0.2, 0.25) is 0 Å². The quantitative estimate of drug-likeness (QED) is 0.443. The highest BCUT2D eigenvalue weighted by molar-refractivity contribution is 9.10. The van der Waals surface area contributed by atoms with E-state index in [2.05, 4.69) is 36.7 Å². The van der Waals surface area contributed by atoms with Gasteiger partial charge in [0, 0.05) is 0 Å². The van der Waals surface area contributed by atoms with Gasteiger partial charge in [-0.25, -0.2) is 5.10 Å². The molecular weight excluding hydrogens is 412 g/mol. The fourth-order valence-electron chi connectivity index (χ4n) is 2.26. The third kappa shape index (κ3) is 4.95. The normalized spacial score (nSPS) is 10.7. The number of benzene rings is 2. The van der Waals surface area contributed by atoms with Crippen LogP contribution >= 0.6 is 15.9 Å². The Labute approximate surface area is 164 Å². The fraction of sp³-hybridized carbons (Fsp3) is 0.105. The molecule has 0 radical (unpaired) electrons. The van der Waals surface area contributed by atoms with Gasteiger partial charge in [-0.15, -0.1) is 0 Å². The number of aromatic amines is 1. The minimum absolute atomic E-state index is 0.330. The molecule has 2 aromatic carbocycles. The first kappa shape index (κ1) is 18.7. The summed E-state index contributed by atoms with van der Waals surface area (Å²) in [5, 5.41) is 10.2. The van der Waals surface area contributed by atoms with Gasteiger partial charge in [0.25, 0.3) is 5.56 Å². The van der Waals surface area contributed by atoms with Crippen molar-refractivity contribution in [3.05, 3.63) is 80.7 Å². The maximum Gasteiger partial charge on any atom is 0.280 e. The van der Waals surface area contributed by atoms with E-state index in [1.807, 2.05) is 48.5 Å². The monoisotopic (exact) mass is 428 g/mol. The van der Waals surface area contributed by atoms with Gasteiger partial charge in [-0.3, -0.25) is 10.2 Å². The summed E-state index contributed by atoms with van der Waals surface area (Å²) in [7, 11) is 1.59. The summed E-state index contributed by atoms with van der Waals surface area (Å²) >= 11 is 3.18. The predicted molar refractivity (Wildman–Crippen MR) is 108 cm³/mol. The molecule has 0 fully saturated rings. The molecule has 0 aliphatic heterocycles. The fourth-order valence-corrected chi connectivity index (χ4v) is 2.54. The van der Waals surface area contributed by atoms with E-state index in [1.165, 1.54) is 6.20 Å². The van der Waals surface area contributed by atoms with E-state index in [-0.39, 0.29) is 5.56 Å². The number of ether oxygens (including phenoxy) is 2. The van der Waals surface area contributed by atoms with Gasteiger partial charge in [-0.2, -0.15) is 10.2 Å². The second kappa shape index (κ2) is 9.00. The number of halogens is 1. The lowest BCUT2D eigenvalue weighted by Crippen LogP contribution is -2.10. The molecule has 0 spiro atoms. The predicted octanol–water partition coefficient (Wildman–Crippen LogP) is 3.57. The van der Waals surface area contributed by atoms with E-state index < -0.39 is 0 Å². The standard InChI is InChI=1S/C19H17BrN4O3/c1-26-17-9-14(10-21-23-15-11-22-24-19(25)18(15)20)7-8-16(17)27-12-13-5-3-2-4-6-13/h2-11H,12H2,1H3,(H2,23,24,25)/b21-10-. The van der Waals surface area contributed by atoms with E-state index in [1.54, 1.807) is 13.3 Å². The number of anilines is 1. The third-order valence-electron chi connectivity index (χ3n) is 3.62. The molecule has 138 valence electrons. The Hall–Kier alpha value is -3.13. The number of rotatable bonds is 7. The average molecular weight is 429 g/mol. The van der Waals surface area contributed by atoms with Crippen LogP contribution in [0.1, 0.15) is 11.1 Å². The Kier molecular flexibility index (Phi) is 6.22. The molecule has 1 aromatic heterocycles. The highest BCUT2D eigenvalue weighted by Gasteiger charge is 2.06. The van der Waals surface area contributed by atoms with Crippen LogP contribution in [0.3, 0.4) is 0 Å². The molecule has 0 saturated carbocycles. The van der Waals surface area contributed by atoms with Gasteiger partial charge >= 0.3 is 0 Å². The Morgan fingerprint density at radius 1 is 1.22 bits per heavy atom. The maximum absolute atomic E-state index is 11.5. The highest BCUT2D eigenvalue weighted by Crippen LogP contribution is 2.28. The summed E-state index contributed by atoms with van der Waals surface area (Å²) < 4.78 is 11.6. The van der Waals surface area contributed by atoms with Gasteiger partial charge < -0.3 is 9.47 Å². The molecule has 8 heteroatoms. The largest absolute Gasteiger partial charge is 0.493 e. The molecule has 0 aliphatic carbocycles. The van der Waals surface area contributed by atoms with E-state index in [0.717, 1.165) is 11.1 Å². The lowest BCUT2D eigenvalue weighted by atomic mass is 10.2. The Morgan fingerprint density at radius 2 is 2.04 bits per heavy atom. The number of H-pyrrole nitrogens is 1. The molecule has 0 atom stereocenters. The van der Waals surface area contributed by atoms with Crippen molar-refractivity contribution in [1.82, 2.24) is 10.2 Å². The van der Waals surface area contributed by atoms with E-state index in [4.69, 9.17) is 9.47 Å². The van der Waals surface area contributed by atoms with Crippen molar-refractivity contribution in [2.45, 2.75) is 6.61 Å². The van der Waals surface area contributed by atoms with E-state index in [0.29, 0.717) is 28.3 Å². The molecule has 3 aromatic rings. The summed E-state index contributed by atoms with van der Waals surface area (Å²) in [6.45, 7) is 0.454. The topological polar surface area (TPSA) is 88.6 Å². The zero-order valence-corrected chi connectivity index (χ0v) is 16.1. The number of hydrogen-bond acceptors (Lipinski definition) is 6. The zero-order chi connectivity index (χ0) is 19.1. The second-order valence-corrected chi connectivity index (χ2v) is 6.27.